The molecule has 0 aromatic carbocycles. The van der Waals surface area contributed by atoms with E-state index >= 15 is 0 Å². The minimum absolute atomic E-state index is 1.23. The number of hydrogen-bond donors (Lipinski definition) is 0. The third kappa shape index (κ3) is 9.22. The van der Waals surface area contributed by atoms with Gasteiger partial charge in [0.1, 0.15) is 0 Å². The standard InChI is InChI=1S/C7H10.C2H6.C2H4/c1-7-5-3-2-4-6-7;2*1-2/h3,5-6H,2,4H2,1H3;1-2H3;1-2H2. The molecule has 0 atom stereocenters. The summed E-state index contributed by atoms with van der Waals surface area (Å²) in [5, 5.41) is 0. The summed E-state index contributed by atoms with van der Waals surface area (Å²) in [5.41, 5.74) is 1.41. The van der Waals surface area contributed by atoms with E-state index in [0.29, 0.717) is 0 Å². The second kappa shape index (κ2) is 12.0. The normalized spacial score (nSPS) is 13.2. The lowest BCUT2D eigenvalue weighted by Crippen LogP contribution is -1.76. The first-order valence-electron chi connectivity index (χ1n) is 4.23. The van der Waals surface area contributed by atoms with Crippen molar-refractivity contribution in [3.63, 3.8) is 0 Å². The fourth-order valence-corrected chi connectivity index (χ4v) is 0.744. The lowest BCUT2D eigenvalue weighted by Gasteiger charge is -1.96. The highest BCUT2D eigenvalue weighted by Gasteiger charge is 1.86. The van der Waals surface area contributed by atoms with Gasteiger partial charge in [0.05, 0.1) is 0 Å². The Bertz CT molecular complexity index is 118. The van der Waals surface area contributed by atoms with Crippen LogP contribution in [0.1, 0.15) is 33.6 Å². The summed E-state index contributed by atoms with van der Waals surface area (Å²) >= 11 is 0. The molecule has 0 aromatic heterocycles. The molecule has 0 unspecified atom stereocenters. The second-order valence-electron chi connectivity index (χ2n) is 1.93. The highest BCUT2D eigenvalue weighted by molar-refractivity contribution is 5.18. The molecule has 0 aliphatic heterocycles. The van der Waals surface area contributed by atoms with E-state index in [9.17, 15) is 0 Å². The van der Waals surface area contributed by atoms with Gasteiger partial charge in [-0.15, -0.1) is 13.2 Å². The molecule has 0 bridgehead atoms. The summed E-state index contributed by atoms with van der Waals surface area (Å²) in [4.78, 5) is 0. The molecule has 0 aromatic rings. The van der Waals surface area contributed by atoms with Gasteiger partial charge in [0, 0.05) is 0 Å². The molecule has 0 N–H and O–H groups in total. The predicted molar refractivity (Wildman–Crippen MR) is 54.7 cm³/mol. The Balaban J connectivity index is 0. The third-order valence-electron chi connectivity index (χ3n) is 1.18. The molecule has 1 aliphatic rings. The Hall–Kier alpha value is -0.780. The summed E-state index contributed by atoms with van der Waals surface area (Å²) in [6, 6.07) is 0. The molecule has 1 aliphatic carbocycles. The van der Waals surface area contributed by atoms with E-state index in [0.717, 1.165) is 0 Å². The largest absolute Gasteiger partial charge is 0.106 e. The van der Waals surface area contributed by atoms with Crippen molar-refractivity contribution >= 4 is 0 Å². The summed E-state index contributed by atoms with van der Waals surface area (Å²) in [6.45, 7) is 12.1. The predicted octanol–water partition coefficient (Wildman–Crippen LogP) is 4.11. The van der Waals surface area contributed by atoms with Gasteiger partial charge in [0.25, 0.3) is 0 Å². The van der Waals surface area contributed by atoms with Crippen molar-refractivity contribution in [2.24, 2.45) is 0 Å². The molecule has 0 saturated heterocycles. The molecular formula is C11H20. The van der Waals surface area contributed by atoms with E-state index in [-0.39, 0.29) is 0 Å². The van der Waals surface area contributed by atoms with Gasteiger partial charge < -0.3 is 0 Å². The van der Waals surface area contributed by atoms with Crippen molar-refractivity contribution in [3.8, 4) is 0 Å². The average Bonchev–Trinajstić information content (AvgIpc) is 2.13. The first-order valence-corrected chi connectivity index (χ1v) is 4.23. The van der Waals surface area contributed by atoms with Crippen LogP contribution in [0, 0.1) is 0 Å². The van der Waals surface area contributed by atoms with Gasteiger partial charge in [-0.25, -0.2) is 0 Å². The third-order valence-corrected chi connectivity index (χ3v) is 1.18. The maximum Gasteiger partial charge on any atom is -0.0310 e. The van der Waals surface area contributed by atoms with E-state index < -0.39 is 0 Å². The van der Waals surface area contributed by atoms with E-state index in [4.69, 9.17) is 0 Å². The second-order valence-corrected chi connectivity index (χ2v) is 1.93. The van der Waals surface area contributed by atoms with Crippen molar-refractivity contribution in [1.29, 1.82) is 0 Å². The molecule has 0 spiro atoms. The summed E-state index contributed by atoms with van der Waals surface area (Å²) < 4.78 is 0. The SMILES string of the molecule is C=C.CC.CC1=CCCC=C1. The van der Waals surface area contributed by atoms with Gasteiger partial charge in [-0.1, -0.05) is 37.6 Å². The smallest absolute Gasteiger partial charge is 0.0310 e. The van der Waals surface area contributed by atoms with Crippen molar-refractivity contribution in [3.05, 3.63) is 37.0 Å². The van der Waals surface area contributed by atoms with Gasteiger partial charge in [-0.05, 0) is 19.8 Å². The summed E-state index contributed by atoms with van der Waals surface area (Å²) in [7, 11) is 0. The van der Waals surface area contributed by atoms with Crippen LogP contribution in [0.4, 0.5) is 0 Å². The van der Waals surface area contributed by atoms with Crippen LogP contribution < -0.4 is 0 Å². The van der Waals surface area contributed by atoms with Crippen molar-refractivity contribution in [2.45, 2.75) is 33.6 Å². The number of rotatable bonds is 0. The topological polar surface area (TPSA) is 0 Å². The van der Waals surface area contributed by atoms with Crippen LogP contribution in [-0.4, -0.2) is 0 Å². The van der Waals surface area contributed by atoms with Gasteiger partial charge in [-0.3, -0.25) is 0 Å². The Morgan fingerprint density at radius 1 is 1.18 bits per heavy atom. The van der Waals surface area contributed by atoms with Crippen LogP contribution in [-0.2, 0) is 0 Å². The Labute approximate surface area is 71.3 Å². The Morgan fingerprint density at radius 2 is 1.73 bits per heavy atom. The van der Waals surface area contributed by atoms with Gasteiger partial charge >= 0.3 is 0 Å². The molecule has 0 fully saturated rings. The van der Waals surface area contributed by atoms with Crippen molar-refractivity contribution < 1.29 is 0 Å². The van der Waals surface area contributed by atoms with Crippen LogP contribution in [0.2, 0.25) is 0 Å². The molecule has 0 amide bonds. The summed E-state index contributed by atoms with van der Waals surface area (Å²) in [6.07, 6.45) is 9.12. The Kier molecular flexibility index (Phi) is 14.0. The highest BCUT2D eigenvalue weighted by atomic mass is 13.9. The van der Waals surface area contributed by atoms with Gasteiger partial charge in [-0.2, -0.15) is 0 Å². The zero-order valence-corrected chi connectivity index (χ0v) is 8.06. The molecule has 64 valence electrons. The molecule has 11 heavy (non-hydrogen) atoms. The van der Waals surface area contributed by atoms with Crippen LogP contribution in [0.3, 0.4) is 0 Å². The van der Waals surface area contributed by atoms with Crippen LogP contribution in [0.25, 0.3) is 0 Å². The fourth-order valence-electron chi connectivity index (χ4n) is 0.744. The minimum atomic E-state index is 1.23. The fraction of sp³-hybridized carbons (Fsp3) is 0.455. The van der Waals surface area contributed by atoms with E-state index in [1.165, 1.54) is 18.4 Å². The van der Waals surface area contributed by atoms with Crippen LogP contribution in [0.5, 0.6) is 0 Å². The molecule has 0 radical (unpaired) electrons. The lowest BCUT2D eigenvalue weighted by molar-refractivity contribution is 1.02. The monoisotopic (exact) mass is 152 g/mol. The van der Waals surface area contributed by atoms with E-state index in [1.807, 2.05) is 13.8 Å². The molecular weight excluding hydrogens is 132 g/mol. The quantitative estimate of drug-likeness (QED) is 0.458. The van der Waals surface area contributed by atoms with Gasteiger partial charge in [0.15, 0.2) is 0 Å². The summed E-state index contributed by atoms with van der Waals surface area (Å²) in [5.74, 6) is 0. The molecule has 0 nitrogen and oxygen atoms in total. The van der Waals surface area contributed by atoms with Gasteiger partial charge in [0.2, 0.25) is 0 Å². The molecule has 0 saturated carbocycles. The van der Waals surface area contributed by atoms with Crippen molar-refractivity contribution in [2.75, 3.05) is 0 Å². The molecule has 0 heteroatoms. The molecule has 0 heterocycles. The van der Waals surface area contributed by atoms with Crippen molar-refractivity contribution in [1.82, 2.24) is 0 Å². The number of allylic oxidation sites excluding steroid dienone is 4. The molecule has 1 rings (SSSR count). The first kappa shape index (κ1) is 12.9. The zero-order valence-electron chi connectivity index (χ0n) is 8.06. The Morgan fingerprint density at radius 3 is 1.91 bits per heavy atom. The van der Waals surface area contributed by atoms with Crippen LogP contribution in [0.15, 0.2) is 37.0 Å². The minimum Gasteiger partial charge on any atom is -0.106 e. The maximum atomic E-state index is 3.00. The maximum absolute atomic E-state index is 3.00. The zero-order chi connectivity index (χ0) is 9.11. The van der Waals surface area contributed by atoms with E-state index in [2.05, 4.69) is 38.3 Å². The van der Waals surface area contributed by atoms with Crippen LogP contribution >= 0.6 is 0 Å². The van der Waals surface area contributed by atoms with E-state index in [1.54, 1.807) is 0 Å². The lowest BCUT2D eigenvalue weighted by atomic mass is 10.1. The highest BCUT2D eigenvalue weighted by Crippen LogP contribution is 2.06. The first-order chi connectivity index (χ1) is 5.39. The average molecular weight is 152 g/mol. The number of hydrogen-bond acceptors (Lipinski definition) is 0.